The molecule has 0 unspecified atom stereocenters. The van der Waals surface area contributed by atoms with Crippen molar-refractivity contribution in [2.24, 2.45) is 0 Å². The van der Waals surface area contributed by atoms with E-state index in [0.717, 1.165) is 5.56 Å². The normalized spacial score (nSPS) is 9.92. The Bertz CT molecular complexity index is 246. The SMILES string of the molecule is O=C(CCCO)NCc1cn[nH]c1. The number of carbonyl (C=O) groups excluding carboxylic acids is 1. The fourth-order valence-electron chi connectivity index (χ4n) is 0.903. The summed E-state index contributed by atoms with van der Waals surface area (Å²) in [4.78, 5) is 11.0. The summed E-state index contributed by atoms with van der Waals surface area (Å²) < 4.78 is 0. The molecule has 13 heavy (non-hydrogen) atoms. The smallest absolute Gasteiger partial charge is 0.220 e. The molecule has 0 bridgehead atoms. The van der Waals surface area contributed by atoms with E-state index in [1.54, 1.807) is 12.4 Å². The highest BCUT2D eigenvalue weighted by Gasteiger charge is 2.00. The monoisotopic (exact) mass is 183 g/mol. The van der Waals surface area contributed by atoms with E-state index in [1.165, 1.54) is 0 Å². The van der Waals surface area contributed by atoms with Crippen molar-refractivity contribution in [1.82, 2.24) is 15.5 Å². The first-order valence-corrected chi connectivity index (χ1v) is 4.18. The molecular weight excluding hydrogens is 170 g/mol. The number of H-pyrrole nitrogens is 1. The van der Waals surface area contributed by atoms with Gasteiger partial charge in [-0.2, -0.15) is 5.10 Å². The summed E-state index contributed by atoms with van der Waals surface area (Å²) in [6.45, 7) is 0.542. The van der Waals surface area contributed by atoms with Crippen molar-refractivity contribution in [3.05, 3.63) is 18.0 Å². The maximum absolute atomic E-state index is 11.0. The highest BCUT2D eigenvalue weighted by atomic mass is 16.3. The van der Waals surface area contributed by atoms with Crippen LogP contribution in [0.1, 0.15) is 18.4 Å². The Morgan fingerprint density at radius 2 is 2.54 bits per heavy atom. The maximum atomic E-state index is 11.0. The molecule has 3 N–H and O–H groups in total. The molecule has 0 spiro atoms. The lowest BCUT2D eigenvalue weighted by molar-refractivity contribution is -0.121. The van der Waals surface area contributed by atoms with E-state index in [1.807, 2.05) is 0 Å². The van der Waals surface area contributed by atoms with E-state index in [9.17, 15) is 4.79 Å². The number of aromatic amines is 1. The summed E-state index contributed by atoms with van der Waals surface area (Å²) >= 11 is 0. The van der Waals surface area contributed by atoms with E-state index in [0.29, 0.717) is 19.4 Å². The number of nitrogens with one attached hydrogen (secondary N) is 2. The summed E-state index contributed by atoms with van der Waals surface area (Å²) in [6, 6.07) is 0. The Kier molecular flexibility index (Phi) is 3.98. The zero-order valence-electron chi connectivity index (χ0n) is 7.29. The molecule has 1 aromatic rings. The molecule has 0 fully saturated rings. The molecule has 0 aliphatic heterocycles. The van der Waals surface area contributed by atoms with Gasteiger partial charge in [0.1, 0.15) is 0 Å². The summed E-state index contributed by atoms with van der Waals surface area (Å²) in [5.41, 5.74) is 0.942. The van der Waals surface area contributed by atoms with Crippen LogP contribution in [0.5, 0.6) is 0 Å². The Morgan fingerprint density at radius 1 is 1.69 bits per heavy atom. The van der Waals surface area contributed by atoms with Gasteiger partial charge in [-0.1, -0.05) is 0 Å². The molecule has 1 rings (SSSR count). The lowest BCUT2D eigenvalue weighted by Crippen LogP contribution is -2.22. The summed E-state index contributed by atoms with van der Waals surface area (Å²) in [6.07, 6.45) is 4.27. The van der Waals surface area contributed by atoms with Gasteiger partial charge in [-0.05, 0) is 6.42 Å². The van der Waals surface area contributed by atoms with E-state index >= 15 is 0 Å². The van der Waals surface area contributed by atoms with E-state index < -0.39 is 0 Å². The molecule has 0 atom stereocenters. The largest absolute Gasteiger partial charge is 0.396 e. The molecule has 0 aliphatic carbocycles. The Balaban J connectivity index is 2.15. The highest BCUT2D eigenvalue weighted by molar-refractivity contribution is 5.75. The van der Waals surface area contributed by atoms with Crippen LogP contribution in [0.25, 0.3) is 0 Å². The molecule has 0 radical (unpaired) electrons. The molecule has 0 aromatic carbocycles. The highest BCUT2D eigenvalue weighted by Crippen LogP contribution is 1.93. The third-order valence-electron chi connectivity index (χ3n) is 1.61. The number of aromatic nitrogens is 2. The summed E-state index contributed by atoms with van der Waals surface area (Å²) in [5.74, 6) is -0.0461. The Hall–Kier alpha value is -1.36. The van der Waals surface area contributed by atoms with E-state index in [-0.39, 0.29) is 12.5 Å². The van der Waals surface area contributed by atoms with Crippen LogP contribution in [-0.4, -0.2) is 27.8 Å². The first-order valence-electron chi connectivity index (χ1n) is 4.18. The summed E-state index contributed by atoms with van der Waals surface area (Å²) in [5, 5.41) is 17.6. The number of amides is 1. The van der Waals surface area contributed by atoms with Crippen LogP contribution in [0.4, 0.5) is 0 Å². The predicted octanol–water partition coefficient (Wildman–Crippen LogP) is -0.202. The minimum absolute atomic E-state index is 0.0461. The van der Waals surface area contributed by atoms with Crippen molar-refractivity contribution < 1.29 is 9.90 Å². The second kappa shape index (κ2) is 5.31. The first-order chi connectivity index (χ1) is 6.33. The second-order valence-electron chi connectivity index (χ2n) is 2.71. The number of aliphatic hydroxyl groups excluding tert-OH is 1. The lowest BCUT2D eigenvalue weighted by Gasteiger charge is -2.01. The number of nitrogens with zero attached hydrogens (tertiary/aromatic N) is 1. The van der Waals surface area contributed by atoms with E-state index in [2.05, 4.69) is 15.5 Å². The molecule has 5 nitrogen and oxygen atoms in total. The van der Waals surface area contributed by atoms with Gasteiger partial charge >= 0.3 is 0 Å². The first kappa shape index (κ1) is 9.73. The van der Waals surface area contributed by atoms with Crippen molar-refractivity contribution in [2.45, 2.75) is 19.4 Å². The van der Waals surface area contributed by atoms with Gasteiger partial charge in [0.25, 0.3) is 0 Å². The fraction of sp³-hybridized carbons (Fsp3) is 0.500. The zero-order chi connectivity index (χ0) is 9.52. The van der Waals surface area contributed by atoms with Gasteiger partial charge in [-0.15, -0.1) is 0 Å². The van der Waals surface area contributed by atoms with Crippen molar-refractivity contribution >= 4 is 5.91 Å². The minimum atomic E-state index is -0.0461. The Morgan fingerprint density at radius 3 is 3.15 bits per heavy atom. The quantitative estimate of drug-likeness (QED) is 0.591. The van der Waals surface area contributed by atoms with Crippen molar-refractivity contribution in [1.29, 1.82) is 0 Å². The summed E-state index contributed by atoms with van der Waals surface area (Å²) in [7, 11) is 0. The van der Waals surface area contributed by atoms with Gasteiger partial charge in [0.15, 0.2) is 0 Å². The average molecular weight is 183 g/mol. The minimum Gasteiger partial charge on any atom is -0.396 e. The molecule has 72 valence electrons. The molecule has 1 aromatic heterocycles. The van der Waals surface area contributed by atoms with Crippen LogP contribution in [0.2, 0.25) is 0 Å². The van der Waals surface area contributed by atoms with E-state index in [4.69, 9.17) is 5.11 Å². The van der Waals surface area contributed by atoms with Gasteiger partial charge in [0, 0.05) is 31.3 Å². The number of hydrogen-bond acceptors (Lipinski definition) is 3. The van der Waals surface area contributed by atoms with Crippen LogP contribution in [0.15, 0.2) is 12.4 Å². The fourth-order valence-corrected chi connectivity index (χ4v) is 0.903. The number of aliphatic hydroxyl groups is 1. The molecule has 1 amide bonds. The molecule has 1 heterocycles. The number of hydrogen-bond donors (Lipinski definition) is 3. The van der Waals surface area contributed by atoms with Crippen LogP contribution >= 0.6 is 0 Å². The molecular formula is C8H13N3O2. The van der Waals surface area contributed by atoms with Crippen molar-refractivity contribution in [3.8, 4) is 0 Å². The molecule has 0 saturated carbocycles. The van der Waals surface area contributed by atoms with Gasteiger partial charge in [-0.25, -0.2) is 0 Å². The third kappa shape index (κ3) is 3.71. The average Bonchev–Trinajstić information content (AvgIpc) is 2.64. The van der Waals surface area contributed by atoms with Crippen molar-refractivity contribution in [3.63, 3.8) is 0 Å². The second-order valence-corrected chi connectivity index (χ2v) is 2.71. The van der Waals surface area contributed by atoms with Gasteiger partial charge in [-0.3, -0.25) is 9.89 Å². The van der Waals surface area contributed by atoms with Crippen LogP contribution in [0.3, 0.4) is 0 Å². The Labute approximate surface area is 76.2 Å². The maximum Gasteiger partial charge on any atom is 0.220 e. The van der Waals surface area contributed by atoms with Gasteiger partial charge < -0.3 is 10.4 Å². The topological polar surface area (TPSA) is 78.0 Å². The molecule has 0 aliphatic rings. The number of carbonyl (C=O) groups is 1. The van der Waals surface area contributed by atoms with Crippen LogP contribution < -0.4 is 5.32 Å². The van der Waals surface area contributed by atoms with Crippen molar-refractivity contribution in [2.75, 3.05) is 6.61 Å². The zero-order valence-corrected chi connectivity index (χ0v) is 7.29. The van der Waals surface area contributed by atoms with Gasteiger partial charge in [0.05, 0.1) is 6.20 Å². The van der Waals surface area contributed by atoms with Crippen LogP contribution in [-0.2, 0) is 11.3 Å². The standard InChI is InChI=1S/C8H13N3O2/c12-3-1-2-8(13)9-4-7-5-10-11-6-7/h5-6,12H,1-4H2,(H,9,13)(H,10,11). The lowest BCUT2D eigenvalue weighted by atomic mass is 10.3. The third-order valence-corrected chi connectivity index (χ3v) is 1.61. The molecule has 5 heteroatoms. The predicted molar refractivity (Wildman–Crippen MR) is 46.8 cm³/mol. The number of rotatable bonds is 5. The molecule has 0 saturated heterocycles. The van der Waals surface area contributed by atoms with Gasteiger partial charge in [0.2, 0.25) is 5.91 Å². The van der Waals surface area contributed by atoms with Crippen LogP contribution in [0, 0.1) is 0 Å².